The molecule has 1 fully saturated rings. The highest BCUT2D eigenvalue weighted by Gasteiger charge is 2.22. The van der Waals surface area contributed by atoms with Gasteiger partial charge in [-0.3, -0.25) is 4.79 Å². The zero-order valence-corrected chi connectivity index (χ0v) is 19.5. The van der Waals surface area contributed by atoms with E-state index in [2.05, 4.69) is 24.0 Å². The van der Waals surface area contributed by atoms with Crippen LogP contribution in [0.4, 0.5) is 0 Å². The van der Waals surface area contributed by atoms with Crippen LogP contribution in [0.3, 0.4) is 0 Å². The van der Waals surface area contributed by atoms with Gasteiger partial charge in [-0.15, -0.1) is 11.3 Å². The fraction of sp³-hybridized carbons (Fsp3) is 0.250. The number of hydrogen-bond donors (Lipinski definition) is 1. The van der Waals surface area contributed by atoms with Crippen molar-refractivity contribution in [2.75, 3.05) is 19.6 Å². The third-order valence-electron chi connectivity index (χ3n) is 6.24. The van der Waals surface area contributed by atoms with Crippen LogP contribution in [0, 0.1) is 5.92 Å². The standard InChI is InChI=1S/C28H27NO3S/c1-19-13-15-29(18-19)16-14-20-7-10-23(11-8-20)32-27-24-12-9-22(30)17-25(24)33-28(27)26(31)21-5-3-2-4-6-21/h2-12,17,19,30H,13-16,18H2,1H3/t19-/m0/s1. The van der Waals surface area contributed by atoms with Crippen molar-refractivity contribution < 1.29 is 14.6 Å². The molecule has 1 aliphatic heterocycles. The lowest BCUT2D eigenvalue weighted by atomic mass is 10.1. The van der Waals surface area contributed by atoms with Crippen LogP contribution in [-0.4, -0.2) is 35.4 Å². The molecule has 5 heteroatoms. The second-order valence-electron chi connectivity index (χ2n) is 8.83. The van der Waals surface area contributed by atoms with Gasteiger partial charge in [-0.25, -0.2) is 0 Å². The lowest BCUT2D eigenvalue weighted by molar-refractivity contribution is 0.104. The van der Waals surface area contributed by atoms with Crippen LogP contribution >= 0.6 is 11.3 Å². The quantitative estimate of drug-likeness (QED) is 0.321. The molecule has 0 aliphatic carbocycles. The molecule has 1 saturated heterocycles. The molecule has 0 bridgehead atoms. The number of carbonyl (C=O) groups is 1. The van der Waals surface area contributed by atoms with Gasteiger partial charge in [0.15, 0.2) is 5.75 Å². The summed E-state index contributed by atoms with van der Waals surface area (Å²) in [6.45, 7) is 5.79. The van der Waals surface area contributed by atoms with Crippen LogP contribution in [0.5, 0.6) is 17.2 Å². The SMILES string of the molecule is C[C@H]1CCN(CCc2ccc(Oc3c(C(=O)c4ccccc4)sc4cc(O)ccc34)cc2)C1. The van der Waals surface area contributed by atoms with E-state index in [0.29, 0.717) is 21.9 Å². The number of nitrogens with zero attached hydrogens (tertiary/aromatic N) is 1. The molecule has 3 aromatic carbocycles. The lowest BCUT2D eigenvalue weighted by Crippen LogP contribution is -2.22. The fourth-order valence-electron chi connectivity index (χ4n) is 4.39. The van der Waals surface area contributed by atoms with Gasteiger partial charge < -0.3 is 14.7 Å². The number of benzene rings is 3. The fourth-order valence-corrected chi connectivity index (χ4v) is 5.52. The molecular weight excluding hydrogens is 430 g/mol. The summed E-state index contributed by atoms with van der Waals surface area (Å²) in [5.41, 5.74) is 1.90. The Morgan fingerprint density at radius 1 is 1.09 bits per heavy atom. The molecule has 0 amide bonds. The number of ether oxygens (including phenoxy) is 1. The number of carbonyl (C=O) groups excluding carboxylic acids is 1. The molecule has 0 spiro atoms. The predicted molar refractivity (Wildman–Crippen MR) is 134 cm³/mol. The van der Waals surface area contributed by atoms with Crippen molar-refractivity contribution in [1.82, 2.24) is 4.90 Å². The topological polar surface area (TPSA) is 49.8 Å². The number of fused-ring (bicyclic) bond motifs is 1. The van der Waals surface area contributed by atoms with Crippen LogP contribution in [0.2, 0.25) is 0 Å². The van der Waals surface area contributed by atoms with Gasteiger partial charge in [0, 0.05) is 28.7 Å². The number of phenols is 1. The van der Waals surface area contributed by atoms with Crippen LogP contribution in [0.25, 0.3) is 10.1 Å². The summed E-state index contributed by atoms with van der Waals surface area (Å²) in [7, 11) is 0. The van der Waals surface area contributed by atoms with Crippen molar-refractivity contribution in [3.63, 3.8) is 0 Å². The van der Waals surface area contributed by atoms with E-state index in [-0.39, 0.29) is 11.5 Å². The van der Waals surface area contributed by atoms with Gasteiger partial charge in [0.05, 0.1) is 0 Å². The first-order valence-corrected chi connectivity index (χ1v) is 12.2. The number of thiophene rings is 1. The Labute approximate surface area is 198 Å². The first-order valence-electron chi connectivity index (χ1n) is 11.4. The zero-order valence-electron chi connectivity index (χ0n) is 18.7. The van der Waals surface area contributed by atoms with E-state index in [1.54, 1.807) is 12.1 Å². The van der Waals surface area contributed by atoms with Crippen LogP contribution < -0.4 is 4.74 Å². The highest BCUT2D eigenvalue weighted by Crippen LogP contribution is 2.42. The van der Waals surface area contributed by atoms with E-state index >= 15 is 0 Å². The Morgan fingerprint density at radius 3 is 2.61 bits per heavy atom. The summed E-state index contributed by atoms with van der Waals surface area (Å²) >= 11 is 1.35. The Kier molecular flexibility index (Phi) is 6.16. The van der Waals surface area contributed by atoms with Crippen LogP contribution in [0.1, 0.15) is 34.1 Å². The van der Waals surface area contributed by atoms with Crippen molar-refractivity contribution >= 4 is 27.2 Å². The number of phenolic OH excluding ortho intramolecular Hbond substituents is 1. The normalized spacial score (nSPS) is 16.3. The summed E-state index contributed by atoms with van der Waals surface area (Å²) in [5.74, 6) is 2.13. The van der Waals surface area contributed by atoms with Gasteiger partial charge in [-0.05, 0) is 61.2 Å². The summed E-state index contributed by atoms with van der Waals surface area (Å²) in [6, 6.07) is 22.5. The second-order valence-corrected chi connectivity index (χ2v) is 9.88. The first-order chi connectivity index (χ1) is 16.1. The minimum atomic E-state index is -0.0808. The van der Waals surface area contributed by atoms with Gasteiger partial charge in [-0.2, -0.15) is 0 Å². The zero-order chi connectivity index (χ0) is 22.8. The molecule has 33 heavy (non-hydrogen) atoms. The minimum Gasteiger partial charge on any atom is -0.508 e. The molecule has 168 valence electrons. The van der Waals surface area contributed by atoms with Crippen molar-refractivity contribution in [1.29, 1.82) is 0 Å². The van der Waals surface area contributed by atoms with E-state index in [0.717, 1.165) is 29.0 Å². The van der Waals surface area contributed by atoms with E-state index in [4.69, 9.17) is 4.74 Å². The van der Waals surface area contributed by atoms with Crippen LogP contribution in [0.15, 0.2) is 72.8 Å². The maximum atomic E-state index is 13.3. The number of rotatable bonds is 7. The Hall–Kier alpha value is -3.15. The Bertz CT molecular complexity index is 1260. The highest BCUT2D eigenvalue weighted by molar-refractivity contribution is 7.21. The van der Waals surface area contributed by atoms with E-state index in [1.807, 2.05) is 48.5 Å². The maximum absolute atomic E-state index is 13.3. The summed E-state index contributed by atoms with van der Waals surface area (Å²) in [6.07, 6.45) is 2.31. The molecule has 1 atom stereocenters. The average molecular weight is 458 g/mol. The Balaban J connectivity index is 1.39. The molecule has 2 heterocycles. The third kappa shape index (κ3) is 4.80. The van der Waals surface area contributed by atoms with Gasteiger partial charge in [0.1, 0.15) is 16.4 Å². The van der Waals surface area contributed by atoms with E-state index in [1.165, 1.54) is 36.4 Å². The minimum absolute atomic E-state index is 0.0808. The molecule has 1 aromatic heterocycles. The number of hydrogen-bond acceptors (Lipinski definition) is 5. The van der Waals surface area contributed by atoms with Gasteiger partial charge in [0.25, 0.3) is 0 Å². The molecule has 4 nitrogen and oxygen atoms in total. The summed E-state index contributed by atoms with van der Waals surface area (Å²) < 4.78 is 7.11. The lowest BCUT2D eigenvalue weighted by Gasteiger charge is -2.15. The molecule has 0 saturated carbocycles. The molecule has 4 aromatic rings. The number of ketones is 1. The summed E-state index contributed by atoms with van der Waals surface area (Å²) in [4.78, 5) is 16.3. The van der Waals surface area contributed by atoms with E-state index in [9.17, 15) is 9.90 Å². The van der Waals surface area contributed by atoms with Crippen molar-refractivity contribution in [2.45, 2.75) is 19.8 Å². The van der Waals surface area contributed by atoms with E-state index < -0.39 is 0 Å². The van der Waals surface area contributed by atoms with Crippen molar-refractivity contribution in [2.24, 2.45) is 5.92 Å². The van der Waals surface area contributed by atoms with Gasteiger partial charge >= 0.3 is 0 Å². The molecule has 5 rings (SSSR count). The van der Waals surface area contributed by atoms with Gasteiger partial charge in [0.2, 0.25) is 5.78 Å². The molecule has 0 radical (unpaired) electrons. The molecule has 1 N–H and O–H groups in total. The highest BCUT2D eigenvalue weighted by atomic mass is 32.1. The number of aromatic hydroxyl groups is 1. The second kappa shape index (κ2) is 9.38. The smallest absolute Gasteiger partial charge is 0.206 e. The molecular formula is C28H27NO3S. The predicted octanol–water partition coefficient (Wildman–Crippen LogP) is 6.51. The summed E-state index contributed by atoms with van der Waals surface area (Å²) in [5, 5.41) is 10.8. The monoisotopic (exact) mass is 457 g/mol. The first kappa shape index (κ1) is 21.7. The van der Waals surface area contributed by atoms with Crippen molar-refractivity contribution in [3.05, 3.63) is 88.8 Å². The molecule has 1 aliphatic rings. The van der Waals surface area contributed by atoms with Gasteiger partial charge in [-0.1, -0.05) is 49.4 Å². The average Bonchev–Trinajstić information content (AvgIpc) is 3.41. The molecule has 0 unspecified atom stereocenters. The number of likely N-dealkylation sites (tertiary alicyclic amines) is 1. The van der Waals surface area contributed by atoms with Crippen molar-refractivity contribution in [3.8, 4) is 17.2 Å². The third-order valence-corrected chi connectivity index (χ3v) is 7.37. The maximum Gasteiger partial charge on any atom is 0.206 e. The largest absolute Gasteiger partial charge is 0.508 e. The Morgan fingerprint density at radius 2 is 1.88 bits per heavy atom. The van der Waals surface area contributed by atoms with Crippen LogP contribution in [-0.2, 0) is 6.42 Å².